The van der Waals surface area contributed by atoms with Crippen LogP contribution in [0.1, 0.15) is 49.3 Å². The number of nitrogens with two attached hydrogens (primary N) is 1. The van der Waals surface area contributed by atoms with Crippen LogP contribution in [0, 0.1) is 18.6 Å². The number of rotatable bonds is 7. The lowest BCUT2D eigenvalue weighted by atomic mass is 9.98. The highest BCUT2D eigenvalue weighted by atomic mass is 19.1. The van der Waals surface area contributed by atoms with Crippen LogP contribution in [0.25, 0.3) is 0 Å². The van der Waals surface area contributed by atoms with E-state index in [4.69, 9.17) is 5.73 Å². The molecule has 3 heteroatoms. The number of unbranched alkanes of at least 4 members (excludes halogenated alkanes) is 3. The fraction of sp³-hybridized carbons (Fsp3) is 0.467. The van der Waals surface area contributed by atoms with E-state index in [9.17, 15) is 8.78 Å². The normalized spacial score (nSPS) is 12.4. The van der Waals surface area contributed by atoms with Crippen molar-refractivity contribution in [1.29, 1.82) is 0 Å². The van der Waals surface area contributed by atoms with Gasteiger partial charge in [-0.15, -0.1) is 6.58 Å². The molecule has 0 heterocycles. The smallest absolute Gasteiger partial charge is 0.130 e. The van der Waals surface area contributed by atoms with Crippen LogP contribution in [0.3, 0.4) is 0 Å². The third-order valence-corrected chi connectivity index (χ3v) is 3.10. The molecule has 0 saturated heterocycles. The van der Waals surface area contributed by atoms with Crippen molar-refractivity contribution < 1.29 is 8.78 Å². The molecule has 0 aliphatic carbocycles. The van der Waals surface area contributed by atoms with Gasteiger partial charge in [-0.1, -0.05) is 18.9 Å². The van der Waals surface area contributed by atoms with E-state index in [1.165, 1.54) is 6.07 Å². The molecule has 0 amide bonds. The molecule has 0 spiro atoms. The van der Waals surface area contributed by atoms with Gasteiger partial charge in [-0.2, -0.15) is 0 Å². The highest BCUT2D eigenvalue weighted by Crippen LogP contribution is 2.23. The van der Waals surface area contributed by atoms with Crippen LogP contribution in [0.5, 0.6) is 0 Å². The minimum Gasteiger partial charge on any atom is -0.324 e. The molecular weight excluding hydrogens is 232 g/mol. The summed E-state index contributed by atoms with van der Waals surface area (Å²) < 4.78 is 26.7. The van der Waals surface area contributed by atoms with Gasteiger partial charge in [0.2, 0.25) is 0 Å². The van der Waals surface area contributed by atoms with Gasteiger partial charge in [0, 0.05) is 17.7 Å². The van der Waals surface area contributed by atoms with Crippen molar-refractivity contribution in [2.24, 2.45) is 5.73 Å². The van der Waals surface area contributed by atoms with Crippen molar-refractivity contribution in [1.82, 2.24) is 0 Å². The van der Waals surface area contributed by atoms with Gasteiger partial charge in [0.15, 0.2) is 0 Å². The summed E-state index contributed by atoms with van der Waals surface area (Å²) >= 11 is 0. The van der Waals surface area contributed by atoms with E-state index in [-0.39, 0.29) is 6.04 Å². The monoisotopic (exact) mass is 253 g/mol. The first-order chi connectivity index (χ1) is 8.56. The number of aryl methyl sites for hydroxylation is 1. The topological polar surface area (TPSA) is 26.0 Å². The van der Waals surface area contributed by atoms with Crippen molar-refractivity contribution in [3.05, 3.63) is 47.5 Å². The third-order valence-electron chi connectivity index (χ3n) is 3.10. The van der Waals surface area contributed by atoms with Gasteiger partial charge in [0.1, 0.15) is 11.6 Å². The highest BCUT2D eigenvalue weighted by Gasteiger charge is 2.13. The van der Waals surface area contributed by atoms with Gasteiger partial charge in [-0.3, -0.25) is 0 Å². The van der Waals surface area contributed by atoms with Gasteiger partial charge in [-0.25, -0.2) is 8.78 Å². The van der Waals surface area contributed by atoms with E-state index in [1.807, 2.05) is 6.08 Å². The molecule has 1 aromatic carbocycles. The Kier molecular flexibility index (Phi) is 5.99. The average molecular weight is 253 g/mol. The molecule has 0 fully saturated rings. The van der Waals surface area contributed by atoms with Crippen molar-refractivity contribution >= 4 is 0 Å². The molecule has 0 aliphatic heterocycles. The molecule has 1 unspecified atom stereocenters. The Morgan fingerprint density at radius 1 is 1.22 bits per heavy atom. The maximum absolute atomic E-state index is 13.6. The Bertz CT molecular complexity index is 402. The van der Waals surface area contributed by atoms with Crippen molar-refractivity contribution in [2.75, 3.05) is 0 Å². The predicted molar refractivity (Wildman–Crippen MR) is 71.3 cm³/mol. The van der Waals surface area contributed by atoms with E-state index in [0.717, 1.165) is 38.2 Å². The molecule has 1 nitrogen and oxygen atoms in total. The minimum absolute atomic E-state index is 0.354. The molecule has 0 radical (unpaired) electrons. The molecule has 1 atom stereocenters. The standard InChI is InChI=1S/C15H21F2N/c1-3-4-5-6-7-8-15(18)12-9-11(2)13(16)10-14(12)17/h3,9-10,15H,1,4-8,18H2,2H3. The molecule has 100 valence electrons. The Labute approximate surface area is 108 Å². The first-order valence-electron chi connectivity index (χ1n) is 6.38. The maximum atomic E-state index is 13.6. The summed E-state index contributed by atoms with van der Waals surface area (Å²) in [6.45, 7) is 5.28. The first kappa shape index (κ1) is 14.8. The summed E-state index contributed by atoms with van der Waals surface area (Å²) in [6.07, 6.45) is 6.70. The molecular formula is C15H21F2N. The van der Waals surface area contributed by atoms with Crippen LogP contribution < -0.4 is 5.73 Å². The molecule has 1 rings (SSSR count). The number of benzene rings is 1. The number of allylic oxidation sites excluding steroid dienone is 1. The summed E-state index contributed by atoms with van der Waals surface area (Å²) in [5.74, 6) is -1.06. The van der Waals surface area contributed by atoms with Crippen LogP contribution in [0.4, 0.5) is 8.78 Å². The molecule has 0 aliphatic rings. The van der Waals surface area contributed by atoms with Gasteiger partial charge < -0.3 is 5.73 Å². The SMILES string of the molecule is C=CCCCCCC(N)c1cc(C)c(F)cc1F. The minimum atomic E-state index is -0.545. The summed E-state index contributed by atoms with van der Waals surface area (Å²) in [7, 11) is 0. The molecule has 1 aromatic rings. The molecule has 0 aromatic heterocycles. The molecule has 2 N–H and O–H groups in total. The van der Waals surface area contributed by atoms with Gasteiger partial charge in [-0.05, 0) is 37.8 Å². The number of hydrogen-bond acceptors (Lipinski definition) is 1. The zero-order valence-electron chi connectivity index (χ0n) is 10.9. The van der Waals surface area contributed by atoms with E-state index in [0.29, 0.717) is 11.1 Å². The van der Waals surface area contributed by atoms with Crippen LogP contribution >= 0.6 is 0 Å². The van der Waals surface area contributed by atoms with Crippen molar-refractivity contribution in [3.8, 4) is 0 Å². The van der Waals surface area contributed by atoms with E-state index in [1.54, 1.807) is 6.92 Å². The average Bonchev–Trinajstić information content (AvgIpc) is 2.33. The second-order valence-electron chi connectivity index (χ2n) is 4.66. The van der Waals surface area contributed by atoms with E-state index in [2.05, 4.69) is 6.58 Å². The zero-order valence-corrected chi connectivity index (χ0v) is 10.9. The summed E-state index contributed by atoms with van der Waals surface area (Å²) in [6, 6.07) is 2.08. The highest BCUT2D eigenvalue weighted by molar-refractivity contribution is 5.27. The van der Waals surface area contributed by atoms with Gasteiger partial charge >= 0.3 is 0 Å². The lowest BCUT2D eigenvalue weighted by molar-refractivity contribution is 0.522. The Morgan fingerprint density at radius 2 is 1.94 bits per heavy atom. The Balaban J connectivity index is 2.53. The lowest BCUT2D eigenvalue weighted by Crippen LogP contribution is -2.13. The summed E-state index contributed by atoms with van der Waals surface area (Å²) in [5, 5.41) is 0. The second kappa shape index (κ2) is 7.27. The first-order valence-corrected chi connectivity index (χ1v) is 6.38. The molecule has 18 heavy (non-hydrogen) atoms. The third kappa shape index (κ3) is 4.22. The maximum Gasteiger partial charge on any atom is 0.130 e. The van der Waals surface area contributed by atoms with Crippen molar-refractivity contribution in [3.63, 3.8) is 0 Å². The fourth-order valence-electron chi connectivity index (χ4n) is 1.95. The lowest BCUT2D eigenvalue weighted by Gasteiger charge is -2.14. The second-order valence-corrected chi connectivity index (χ2v) is 4.66. The summed E-state index contributed by atoms with van der Waals surface area (Å²) in [5.41, 5.74) is 6.80. The van der Waals surface area contributed by atoms with Crippen molar-refractivity contribution in [2.45, 2.75) is 45.1 Å². The van der Waals surface area contributed by atoms with Crippen LogP contribution in [-0.4, -0.2) is 0 Å². The van der Waals surface area contributed by atoms with Crippen LogP contribution in [0.2, 0.25) is 0 Å². The van der Waals surface area contributed by atoms with Gasteiger partial charge in [0.25, 0.3) is 0 Å². The molecule has 0 bridgehead atoms. The van der Waals surface area contributed by atoms with E-state index < -0.39 is 11.6 Å². The number of hydrogen-bond donors (Lipinski definition) is 1. The number of halogens is 2. The molecule has 0 saturated carbocycles. The largest absolute Gasteiger partial charge is 0.324 e. The summed E-state index contributed by atoms with van der Waals surface area (Å²) in [4.78, 5) is 0. The quantitative estimate of drug-likeness (QED) is 0.565. The van der Waals surface area contributed by atoms with Gasteiger partial charge in [0.05, 0.1) is 0 Å². The van der Waals surface area contributed by atoms with E-state index >= 15 is 0 Å². The Morgan fingerprint density at radius 3 is 2.61 bits per heavy atom. The Hall–Kier alpha value is -1.22. The van der Waals surface area contributed by atoms with Crippen LogP contribution in [-0.2, 0) is 0 Å². The van der Waals surface area contributed by atoms with Crippen LogP contribution in [0.15, 0.2) is 24.8 Å². The predicted octanol–water partition coefficient (Wildman–Crippen LogP) is 4.41. The zero-order chi connectivity index (χ0) is 13.5. The fourth-order valence-corrected chi connectivity index (χ4v) is 1.95.